The van der Waals surface area contributed by atoms with Gasteiger partial charge >= 0.3 is 0 Å². The molecule has 0 N–H and O–H groups in total. The van der Waals surface area contributed by atoms with Gasteiger partial charge in [0.05, 0.1) is 12.2 Å². The number of fused-ring (bicyclic) bond motifs is 1. The minimum Gasteiger partial charge on any atom is -0.350 e. The molecule has 5 heteroatoms. The van der Waals surface area contributed by atoms with Gasteiger partial charge in [-0.05, 0) is 40.0 Å². The van der Waals surface area contributed by atoms with Gasteiger partial charge in [-0.25, -0.2) is 15.0 Å². The Balaban J connectivity index is 1.86. The number of halogens is 1. The van der Waals surface area contributed by atoms with Crippen LogP contribution >= 0.6 is 15.9 Å². The molecule has 0 spiro atoms. The maximum absolute atomic E-state index is 4.64. The van der Waals surface area contributed by atoms with Crippen LogP contribution in [0.3, 0.4) is 0 Å². The third-order valence-corrected chi connectivity index (χ3v) is 3.82. The number of pyridine rings is 1. The van der Waals surface area contributed by atoms with E-state index in [0.717, 1.165) is 47.7 Å². The van der Waals surface area contributed by atoms with E-state index in [9.17, 15) is 0 Å². The fourth-order valence-electron chi connectivity index (χ4n) is 2.27. The van der Waals surface area contributed by atoms with E-state index in [1.807, 2.05) is 24.5 Å². The van der Waals surface area contributed by atoms with Crippen molar-refractivity contribution in [2.24, 2.45) is 0 Å². The number of rotatable bonds is 2. The fraction of sp³-hybridized carbons (Fsp3) is 0.357. The second-order valence-electron chi connectivity index (χ2n) is 4.62. The van der Waals surface area contributed by atoms with E-state index < -0.39 is 0 Å². The zero-order valence-electron chi connectivity index (χ0n) is 10.8. The average Bonchev–Trinajstić information content (AvgIpc) is 2.47. The predicted molar refractivity (Wildman–Crippen MR) is 78.1 cm³/mol. The standard InChI is InChI=1S/C14H15BrN4/c1-2-13-16-7-10-5-6-19(9-12(10)18-13)14-4-3-11(15)8-17-14/h3-4,7-8H,2,5-6,9H2,1H3. The normalized spacial score (nSPS) is 14.3. The molecular formula is C14H15BrN4. The quantitative estimate of drug-likeness (QED) is 0.854. The summed E-state index contributed by atoms with van der Waals surface area (Å²) in [5.41, 5.74) is 2.41. The topological polar surface area (TPSA) is 41.9 Å². The molecule has 4 nitrogen and oxygen atoms in total. The van der Waals surface area contributed by atoms with E-state index in [4.69, 9.17) is 0 Å². The van der Waals surface area contributed by atoms with Crippen molar-refractivity contribution in [3.05, 3.63) is 46.1 Å². The average molecular weight is 319 g/mol. The molecule has 2 aromatic heterocycles. The van der Waals surface area contributed by atoms with Gasteiger partial charge < -0.3 is 4.90 Å². The van der Waals surface area contributed by atoms with Gasteiger partial charge in [0.2, 0.25) is 0 Å². The molecule has 0 aromatic carbocycles. The summed E-state index contributed by atoms with van der Waals surface area (Å²) in [6, 6.07) is 4.06. The molecule has 0 bridgehead atoms. The van der Waals surface area contributed by atoms with E-state index in [-0.39, 0.29) is 0 Å². The van der Waals surface area contributed by atoms with Crippen LogP contribution in [0.2, 0.25) is 0 Å². The third kappa shape index (κ3) is 2.61. The summed E-state index contributed by atoms with van der Waals surface area (Å²) in [4.78, 5) is 15.7. The van der Waals surface area contributed by atoms with Gasteiger partial charge in [-0.1, -0.05) is 6.92 Å². The summed E-state index contributed by atoms with van der Waals surface area (Å²) in [6.07, 6.45) is 5.68. The van der Waals surface area contributed by atoms with Gasteiger partial charge in [-0.2, -0.15) is 0 Å². The van der Waals surface area contributed by atoms with E-state index >= 15 is 0 Å². The van der Waals surface area contributed by atoms with Gasteiger partial charge in [0.15, 0.2) is 0 Å². The largest absolute Gasteiger partial charge is 0.350 e. The van der Waals surface area contributed by atoms with Crippen molar-refractivity contribution in [3.63, 3.8) is 0 Å². The minimum absolute atomic E-state index is 0.819. The molecule has 19 heavy (non-hydrogen) atoms. The van der Waals surface area contributed by atoms with Gasteiger partial charge in [0, 0.05) is 29.8 Å². The van der Waals surface area contributed by atoms with Crippen LogP contribution in [0, 0.1) is 0 Å². The fourth-order valence-corrected chi connectivity index (χ4v) is 2.50. The highest BCUT2D eigenvalue weighted by Crippen LogP contribution is 2.22. The Bertz CT molecular complexity index is 582. The molecule has 1 aliphatic rings. The van der Waals surface area contributed by atoms with Crippen LogP contribution in [0.1, 0.15) is 24.0 Å². The first-order chi connectivity index (χ1) is 9.26. The molecule has 98 valence electrons. The lowest BCUT2D eigenvalue weighted by molar-refractivity contribution is 0.684. The Morgan fingerprint density at radius 3 is 2.89 bits per heavy atom. The summed E-state index contributed by atoms with van der Waals surface area (Å²) in [6.45, 7) is 3.87. The van der Waals surface area contributed by atoms with Crippen LogP contribution in [0.25, 0.3) is 0 Å². The van der Waals surface area contributed by atoms with Crippen LogP contribution < -0.4 is 4.90 Å². The summed E-state index contributed by atoms with van der Waals surface area (Å²) < 4.78 is 1.00. The molecule has 0 atom stereocenters. The molecule has 2 aromatic rings. The number of hydrogen-bond donors (Lipinski definition) is 0. The predicted octanol–water partition coefficient (Wildman–Crippen LogP) is 2.76. The van der Waals surface area contributed by atoms with Crippen molar-refractivity contribution in [2.45, 2.75) is 26.3 Å². The van der Waals surface area contributed by atoms with Crippen molar-refractivity contribution < 1.29 is 0 Å². The lowest BCUT2D eigenvalue weighted by Gasteiger charge is -2.29. The zero-order valence-corrected chi connectivity index (χ0v) is 12.4. The zero-order chi connectivity index (χ0) is 13.2. The SMILES string of the molecule is CCc1ncc2c(n1)CN(c1ccc(Br)cn1)CC2. The van der Waals surface area contributed by atoms with Gasteiger partial charge in [0.1, 0.15) is 11.6 Å². The van der Waals surface area contributed by atoms with Gasteiger partial charge in [-0.3, -0.25) is 0 Å². The molecule has 1 aliphatic heterocycles. The van der Waals surface area contributed by atoms with Crippen LogP contribution in [0.5, 0.6) is 0 Å². The number of nitrogens with zero attached hydrogens (tertiary/aromatic N) is 4. The Hall–Kier alpha value is -1.49. The van der Waals surface area contributed by atoms with E-state index in [2.05, 4.69) is 42.7 Å². The van der Waals surface area contributed by atoms with Crippen LogP contribution in [0.15, 0.2) is 29.0 Å². The Morgan fingerprint density at radius 2 is 2.16 bits per heavy atom. The molecule has 0 saturated heterocycles. The Morgan fingerprint density at radius 1 is 1.26 bits per heavy atom. The summed E-state index contributed by atoms with van der Waals surface area (Å²) in [7, 11) is 0. The molecule has 3 heterocycles. The number of aryl methyl sites for hydroxylation is 1. The first-order valence-electron chi connectivity index (χ1n) is 6.46. The lowest BCUT2D eigenvalue weighted by atomic mass is 10.1. The van der Waals surface area contributed by atoms with Crippen molar-refractivity contribution in [1.82, 2.24) is 15.0 Å². The van der Waals surface area contributed by atoms with E-state index in [1.54, 1.807) is 0 Å². The van der Waals surface area contributed by atoms with Crippen LogP contribution in [-0.2, 0) is 19.4 Å². The summed E-state index contributed by atoms with van der Waals surface area (Å²) in [5.74, 6) is 1.93. The molecule has 0 radical (unpaired) electrons. The molecule has 0 unspecified atom stereocenters. The highest BCUT2D eigenvalue weighted by atomic mass is 79.9. The van der Waals surface area contributed by atoms with Crippen LogP contribution in [0.4, 0.5) is 5.82 Å². The van der Waals surface area contributed by atoms with E-state index in [0.29, 0.717) is 0 Å². The molecule has 3 rings (SSSR count). The van der Waals surface area contributed by atoms with Crippen molar-refractivity contribution >= 4 is 21.7 Å². The van der Waals surface area contributed by atoms with Crippen molar-refractivity contribution in [2.75, 3.05) is 11.4 Å². The monoisotopic (exact) mass is 318 g/mol. The Labute approximate surface area is 121 Å². The third-order valence-electron chi connectivity index (χ3n) is 3.35. The molecular weight excluding hydrogens is 304 g/mol. The molecule has 0 aliphatic carbocycles. The maximum Gasteiger partial charge on any atom is 0.128 e. The Kier molecular flexibility index (Phi) is 3.46. The summed E-state index contributed by atoms with van der Waals surface area (Å²) in [5, 5.41) is 0. The number of aromatic nitrogens is 3. The number of hydrogen-bond acceptors (Lipinski definition) is 4. The van der Waals surface area contributed by atoms with Gasteiger partial charge in [-0.15, -0.1) is 0 Å². The highest BCUT2D eigenvalue weighted by molar-refractivity contribution is 9.10. The van der Waals surface area contributed by atoms with E-state index in [1.165, 1.54) is 5.56 Å². The minimum atomic E-state index is 0.819. The smallest absolute Gasteiger partial charge is 0.128 e. The van der Waals surface area contributed by atoms with Gasteiger partial charge in [0.25, 0.3) is 0 Å². The molecule has 0 fully saturated rings. The maximum atomic E-state index is 4.64. The number of anilines is 1. The molecule has 0 saturated carbocycles. The lowest BCUT2D eigenvalue weighted by Crippen LogP contribution is -2.32. The summed E-state index contributed by atoms with van der Waals surface area (Å²) >= 11 is 3.41. The van der Waals surface area contributed by atoms with Crippen LogP contribution in [-0.4, -0.2) is 21.5 Å². The molecule has 0 amide bonds. The second kappa shape index (κ2) is 5.25. The van der Waals surface area contributed by atoms with Crippen molar-refractivity contribution in [1.29, 1.82) is 0 Å². The second-order valence-corrected chi connectivity index (χ2v) is 5.53. The first-order valence-corrected chi connectivity index (χ1v) is 7.25. The highest BCUT2D eigenvalue weighted by Gasteiger charge is 2.19. The first kappa shape index (κ1) is 12.5. The van der Waals surface area contributed by atoms with Crippen molar-refractivity contribution in [3.8, 4) is 0 Å².